The van der Waals surface area contributed by atoms with Crippen LogP contribution in [0.15, 0.2) is 102 Å². The van der Waals surface area contributed by atoms with E-state index in [0.717, 1.165) is 35.6 Å². The van der Waals surface area contributed by atoms with Crippen molar-refractivity contribution in [3.63, 3.8) is 0 Å². The lowest BCUT2D eigenvalue weighted by Crippen LogP contribution is -2.58. The highest BCUT2D eigenvalue weighted by molar-refractivity contribution is 8.00. The summed E-state index contributed by atoms with van der Waals surface area (Å²) in [4.78, 5) is 7.98. The van der Waals surface area contributed by atoms with Crippen LogP contribution in [0.2, 0.25) is 0 Å². The molecule has 10 aliphatic rings. The van der Waals surface area contributed by atoms with Crippen molar-refractivity contribution < 1.29 is 0 Å². The summed E-state index contributed by atoms with van der Waals surface area (Å²) in [5, 5.41) is 0.629. The molecule has 59 heavy (non-hydrogen) atoms. The molecule has 14 atom stereocenters. The van der Waals surface area contributed by atoms with Gasteiger partial charge >= 0.3 is 0 Å². The summed E-state index contributed by atoms with van der Waals surface area (Å²) in [6.07, 6.45) is 46.2. The number of rotatable bonds is 6. The highest BCUT2D eigenvalue weighted by atomic mass is 32.2. The van der Waals surface area contributed by atoms with E-state index in [9.17, 15) is 0 Å². The molecule has 1 aliphatic heterocycles. The highest BCUT2D eigenvalue weighted by Crippen LogP contribution is 2.73. The van der Waals surface area contributed by atoms with E-state index < -0.39 is 0 Å². The van der Waals surface area contributed by atoms with Crippen LogP contribution in [-0.4, -0.2) is 45.3 Å². The molecule has 1 heterocycles. The van der Waals surface area contributed by atoms with Gasteiger partial charge in [-0.3, -0.25) is 4.90 Å². The highest BCUT2D eigenvalue weighted by Gasteiger charge is 2.69. The summed E-state index contributed by atoms with van der Waals surface area (Å²) >= 11 is 2.25. The largest absolute Gasteiger partial charge is 0.369 e. The Hall–Kier alpha value is -2.49. The first-order valence-electron chi connectivity index (χ1n) is 25.3. The quantitative estimate of drug-likeness (QED) is 0.269. The van der Waals surface area contributed by atoms with Gasteiger partial charge in [-0.1, -0.05) is 131 Å². The van der Waals surface area contributed by atoms with Gasteiger partial charge in [-0.2, -0.15) is 0 Å². The second-order valence-corrected chi connectivity index (χ2v) is 22.8. The van der Waals surface area contributed by atoms with E-state index in [-0.39, 0.29) is 5.41 Å². The van der Waals surface area contributed by atoms with Gasteiger partial charge < -0.3 is 4.90 Å². The molecular formula is C56H72N2S. The summed E-state index contributed by atoms with van der Waals surface area (Å²) in [6.45, 7) is 2.61. The normalized spacial score (nSPS) is 42.1. The molecule has 5 saturated carbocycles. The maximum atomic E-state index is 3.27. The first-order valence-corrected chi connectivity index (χ1v) is 26.2. The molecule has 9 aliphatic carbocycles. The molecule has 312 valence electrons. The van der Waals surface area contributed by atoms with Gasteiger partial charge in [0.1, 0.15) is 0 Å². The predicted molar refractivity (Wildman–Crippen MR) is 247 cm³/mol. The summed E-state index contributed by atoms with van der Waals surface area (Å²) in [5.41, 5.74) is 7.23. The van der Waals surface area contributed by atoms with E-state index in [4.69, 9.17) is 0 Å². The number of hydrogen-bond acceptors (Lipinski definition) is 3. The Kier molecular flexibility index (Phi) is 10.2. The maximum absolute atomic E-state index is 3.27. The fraction of sp³-hybridized carbons (Fsp3) is 0.643. The van der Waals surface area contributed by atoms with Crippen LogP contribution in [-0.2, 0) is 5.41 Å². The second-order valence-electron chi connectivity index (χ2n) is 21.6. The third-order valence-corrected chi connectivity index (χ3v) is 20.7. The van der Waals surface area contributed by atoms with Crippen molar-refractivity contribution in [2.45, 2.75) is 193 Å². The van der Waals surface area contributed by atoms with E-state index in [1.807, 2.05) is 5.56 Å². The van der Waals surface area contributed by atoms with Gasteiger partial charge in [0.2, 0.25) is 0 Å². The third kappa shape index (κ3) is 6.02. The first-order chi connectivity index (χ1) is 29.2. The van der Waals surface area contributed by atoms with Crippen LogP contribution in [0.3, 0.4) is 0 Å². The molecule has 2 aromatic rings. The SMILES string of the molecule is CC1CCCCC1N(C1=CC=CCC1)C1CCC2C3CCCCC3C3(c4ccccc4C4C(N(C5CCCCC5)C5C=CCC6c7ccccc7SC65)CC=CC43)[C@H]2C1. The molecule has 12 rings (SSSR count). The molecule has 0 N–H and O–H groups in total. The zero-order valence-electron chi connectivity index (χ0n) is 36.2. The van der Waals surface area contributed by atoms with Crippen LogP contribution in [0.4, 0.5) is 0 Å². The van der Waals surface area contributed by atoms with Gasteiger partial charge in [0.25, 0.3) is 0 Å². The van der Waals surface area contributed by atoms with E-state index in [2.05, 4.69) is 120 Å². The molecule has 3 heteroatoms. The van der Waals surface area contributed by atoms with Crippen molar-refractivity contribution in [2.24, 2.45) is 35.5 Å². The average molecular weight is 805 g/mol. The molecule has 0 bridgehead atoms. The lowest BCUT2D eigenvalue weighted by molar-refractivity contribution is 0.0149. The molecular weight excluding hydrogens is 733 g/mol. The van der Waals surface area contributed by atoms with E-state index in [1.54, 1.807) is 21.7 Å². The van der Waals surface area contributed by atoms with Crippen molar-refractivity contribution in [3.05, 3.63) is 113 Å². The predicted octanol–water partition coefficient (Wildman–Crippen LogP) is 13.9. The number of hydrogen-bond donors (Lipinski definition) is 0. The van der Waals surface area contributed by atoms with Crippen molar-refractivity contribution in [1.29, 1.82) is 0 Å². The van der Waals surface area contributed by atoms with Gasteiger partial charge in [-0.05, 0) is 148 Å². The monoisotopic (exact) mass is 805 g/mol. The Labute approximate surface area is 361 Å². The fourth-order valence-electron chi connectivity index (χ4n) is 17.3. The van der Waals surface area contributed by atoms with Gasteiger partial charge in [-0.25, -0.2) is 0 Å². The number of nitrogens with zero attached hydrogens (tertiary/aromatic N) is 2. The number of thioether (sulfide) groups is 1. The Balaban J connectivity index is 0.964. The average Bonchev–Trinajstić information content (AvgIpc) is 3.93. The van der Waals surface area contributed by atoms with Crippen LogP contribution < -0.4 is 0 Å². The van der Waals surface area contributed by atoms with Crippen molar-refractivity contribution in [1.82, 2.24) is 9.80 Å². The Morgan fingerprint density at radius 1 is 0.661 bits per heavy atom. The Morgan fingerprint density at radius 3 is 2.32 bits per heavy atom. The Morgan fingerprint density at radius 2 is 1.44 bits per heavy atom. The molecule has 0 radical (unpaired) electrons. The smallest absolute Gasteiger partial charge is 0.0413 e. The fourth-order valence-corrected chi connectivity index (χ4v) is 18.9. The molecule has 0 aromatic heterocycles. The summed E-state index contributed by atoms with van der Waals surface area (Å²) in [5.74, 6) is 6.12. The zero-order valence-corrected chi connectivity index (χ0v) is 37.0. The summed E-state index contributed by atoms with van der Waals surface area (Å²) in [6, 6.07) is 23.1. The van der Waals surface area contributed by atoms with Gasteiger partial charge in [-0.15, -0.1) is 11.8 Å². The molecule has 13 unspecified atom stereocenters. The lowest BCUT2D eigenvalue weighted by atomic mass is 9.55. The molecule has 0 saturated heterocycles. The maximum Gasteiger partial charge on any atom is 0.0413 e. The van der Waals surface area contributed by atoms with Gasteiger partial charge in [0.15, 0.2) is 0 Å². The van der Waals surface area contributed by atoms with Crippen LogP contribution in [0.25, 0.3) is 0 Å². The number of fused-ring (bicyclic) bond motifs is 13. The van der Waals surface area contributed by atoms with E-state index in [0.29, 0.717) is 47.2 Å². The van der Waals surface area contributed by atoms with Crippen molar-refractivity contribution >= 4 is 11.8 Å². The topological polar surface area (TPSA) is 6.48 Å². The van der Waals surface area contributed by atoms with Crippen LogP contribution in [0, 0.1) is 35.5 Å². The van der Waals surface area contributed by atoms with Crippen molar-refractivity contribution in [2.75, 3.05) is 0 Å². The molecule has 1 spiro atoms. The van der Waals surface area contributed by atoms with E-state index in [1.165, 1.54) is 128 Å². The minimum absolute atomic E-state index is 0.275. The van der Waals surface area contributed by atoms with Crippen LogP contribution >= 0.6 is 11.8 Å². The van der Waals surface area contributed by atoms with E-state index >= 15 is 0 Å². The number of benzene rings is 2. The third-order valence-electron chi connectivity index (χ3n) is 19.2. The molecule has 2 nitrogen and oxygen atoms in total. The summed E-state index contributed by atoms with van der Waals surface area (Å²) < 4.78 is 0. The van der Waals surface area contributed by atoms with Crippen LogP contribution in [0.1, 0.15) is 164 Å². The zero-order chi connectivity index (χ0) is 39.1. The van der Waals surface area contributed by atoms with Crippen LogP contribution in [0.5, 0.6) is 0 Å². The minimum atomic E-state index is 0.275. The lowest BCUT2D eigenvalue weighted by Gasteiger charge is -2.54. The first kappa shape index (κ1) is 38.2. The van der Waals surface area contributed by atoms with Crippen molar-refractivity contribution in [3.8, 4) is 0 Å². The molecule has 5 fully saturated rings. The minimum Gasteiger partial charge on any atom is -0.369 e. The number of allylic oxidation sites excluding steroid dienone is 6. The molecule has 2 aromatic carbocycles. The Bertz CT molecular complexity index is 1990. The molecule has 0 amide bonds. The van der Waals surface area contributed by atoms with Gasteiger partial charge in [0, 0.05) is 63.3 Å². The second kappa shape index (κ2) is 15.7. The standard InChI is InChI=1S/C56H72N2S/c1-37-18-8-14-30-50(37)57(38-19-4-2-5-20-38)40-34-35-42-41-23-9-12-27-46(41)56(49(42)36-40)47-28-13-10-25-45(47)54-48(56)29-17-31-51(54)58(39-21-6-3-7-22-39)52-32-16-26-44-43-24-11-15-33-53(43)59-55(44)52/h2,4,10-11,13,15-17,19,24-25,28-29,32-33,37,39-42,44,46,48-52,54-55H,3,5-9,12,14,18,20-23,26-27,30-31,34-36H2,1H3/t37?,40?,41?,42?,44?,46?,48?,49-,50?,51?,52?,54?,55?,56?/m0/s1. The van der Waals surface area contributed by atoms with Gasteiger partial charge in [0.05, 0.1) is 0 Å². The summed E-state index contributed by atoms with van der Waals surface area (Å²) in [7, 11) is 0.